The van der Waals surface area contributed by atoms with Crippen LogP contribution in [-0.4, -0.2) is 46.8 Å². The predicted molar refractivity (Wildman–Crippen MR) is 141 cm³/mol. The van der Waals surface area contributed by atoms with Crippen LogP contribution in [0.15, 0.2) is 59.1 Å². The fourth-order valence-corrected chi connectivity index (χ4v) is 4.76. The van der Waals surface area contributed by atoms with Crippen LogP contribution in [0, 0.1) is 5.92 Å². The third kappa shape index (κ3) is 6.08. The molecule has 1 aliphatic carbocycles. The van der Waals surface area contributed by atoms with Gasteiger partial charge >= 0.3 is 18.5 Å². The molecule has 1 aliphatic heterocycles. The van der Waals surface area contributed by atoms with Crippen molar-refractivity contribution in [1.29, 1.82) is 0 Å². The van der Waals surface area contributed by atoms with Crippen LogP contribution in [0.5, 0.6) is 11.5 Å². The largest absolute Gasteiger partial charge is 0.573 e. The van der Waals surface area contributed by atoms with E-state index in [4.69, 9.17) is 4.74 Å². The molecule has 1 saturated heterocycles. The highest BCUT2D eigenvalue weighted by Gasteiger charge is 2.41. The predicted octanol–water partition coefficient (Wildman–Crippen LogP) is 7.20. The minimum Gasteiger partial charge on any atom is -0.490 e. The van der Waals surface area contributed by atoms with Gasteiger partial charge in [0.25, 0.3) is 0 Å². The molecule has 43 heavy (non-hydrogen) atoms. The normalized spacial score (nSPS) is 16.1. The molecule has 0 bridgehead atoms. The van der Waals surface area contributed by atoms with E-state index in [1.54, 1.807) is 12.1 Å². The Morgan fingerprint density at radius 2 is 1.77 bits per heavy atom. The molecule has 0 radical (unpaired) electrons. The van der Waals surface area contributed by atoms with Gasteiger partial charge in [-0.15, -0.1) is 13.2 Å². The number of aromatic nitrogens is 2. The number of hydrogen-bond acceptors (Lipinski definition) is 7. The summed E-state index contributed by atoms with van der Waals surface area (Å²) >= 11 is 0. The van der Waals surface area contributed by atoms with Crippen molar-refractivity contribution in [1.82, 2.24) is 10.1 Å². The second-order valence-electron chi connectivity index (χ2n) is 10.2. The molecule has 14 heteroatoms. The number of benzene rings is 2. The lowest BCUT2D eigenvalue weighted by molar-refractivity contribution is -0.274. The van der Waals surface area contributed by atoms with Crippen molar-refractivity contribution < 1.29 is 50.2 Å². The first-order valence-corrected chi connectivity index (χ1v) is 13.1. The van der Waals surface area contributed by atoms with Gasteiger partial charge in [0.1, 0.15) is 17.2 Å². The highest BCUT2D eigenvalue weighted by molar-refractivity contribution is 5.94. The number of anilines is 1. The quantitative estimate of drug-likeness (QED) is 0.211. The van der Waals surface area contributed by atoms with E-state index in [-0.39, 0.29) is 23.3 Å². The number of pyridine rings is 1. The van der Waals surface area contributed by atoms with Crippen molar-refractivity contribution in [2.45, 2.75) is 31.5 Å². The minimum atomic E-state index is -5.07. The van der Waals surface area contributed by atoms with Crippen LogP contribution < -0.4 is 14.4 Å². The molecule has 8 nitrogen and oxygen atoms in total. The molecular weight excluding hydrogens is 584 g/mol. The van der Waals surface area contributed by atoms with E-state index in [0.717, 1.165) is 36.7 Å². The number of fused-ring (bicyclic) bond motifs is 1. The Balaban J connectivity index is 1.24. The molecule has 2 fully saturated rings. The number of halogens is 6. The molecule has 0 amide bonds. The molecule has 6 rings (SSSR count). The van der Waals surface area contributed by atoms with Gasteiger partial charge in [-0.3, -0.25) is 0 Å². The zero-order valence-corrected chi connectivity index (χ0v) is 21.9. The topological polar surface area (TPSA) is 97.9 Å². The lowest BCUT2D eigenvalue weighted by Gasteiger charge is -2.39. The maximum Gasteiger partial charge on any atom is 0.573 e. The number of carboxylic acid groups (broad SMARTS) is 1. The Hall–Kier alpha value is -4.75. The van der Waals surface area contributed by atoms with Gasteiger partial charge in [0, 0.05) is 41.7 Å². The van der Waals surface area contributed by atoms with Crippen LogP contribution in [0.3, 0.4) is 0 Å². The number of carboxylic acids is 1. The summed E-state index contributed by atoms with van der Waals surface area (Å²) in [7, 11) is 0. The van der Waals surface area contributed by atoms with E-state index in [0.29, 0.717) is 29.7 Å². The molecular formula is C29H21F6N3O5. The number of hydrogen-bond donors (Lipinski definition) is 1. The molecule has 2 aromatic heterocycles. The van der Waals surface area contributed by atoms with E-state index in [2.05, 4.69) is 19.4 Å². The fraction of sp³-hybridized carbons (Fsp3) is 0.276. The summed E-state index contributed by atoms with van der Waals surface area (Å²) in [5, 5.41) is 13.5. The summed E-state index contributed by atoms with van der Waals surface area (Å²) in [5.74, 6) is -3.12. The molecule has 1 N–H and O–H groups in total. The number of para-hydroxylation sites is 1. The summed E-state index contributed by atoms with van der Waals surface area (Å²) in [6.45, 7) is 0.856. The van der Waals surface area contributed by atoms with E-state index in [1.807, 2.05) is 11.0 Å². The van der Waals surface area contributed by atoms with Crippen LogP contribution in [0.1, 0.15) is 34.7 Å². The smallest absolute Gasteiger partial charge is 0.490 e. The van der Waals surface area contributed by atoms with Crippen LogP contribution in [0.4, 0.5) is 32.0 Å². The number of alkyl halides is 6. The maximum atomic E-state index is 13.7. The Morgan fingerprint density at radius 3 is 2.44 bits per heavy atom. The van der Waals surface area contributed by atoms with Gasteiger partial charge in [-0.25, -0.2) is 9.78 Å². The zero-order valence-electron chi connectivity index (χ0n) is 21.9. The van der Waals surface area contributed by atoms with Crippen LogP contribution in [-0.2, 0) is 6.18 Å². The monoisotopic (exact) mass is 605 g/mol. The second-order valence-corrected chi connectivity index (χ2v) is 10.2. The Bertz CT molecular complexity index is 1720. The van der Waals surface area contributed by atoms with Crippen molar-refractivity contribution in [3.05, 3.63) is 71.6 Å². The van der Waals surface area contributed by atoms with Gasteiger partial charge < -0.3 is 24.0 Å². The third-order valence-corrected chi connectivity index (χ3v) is 6.95. The maximum absolute atomic E-state index is 13.7. The van der Waals surface area contributed by atoms with Gasteiger partial charge in [0.2, 0.25) is 5.76 Å². The number of carbonyl (C=O) groups is 1. The summed E-state index contributed by atoms with van der Waals surface area (Å²) in [6, 6.07) is 11.4. The van der Waals surface area contributed by atoms with Gasteiger partial charge in [-0.1, -0.05) is 29.4 Å². The average Bonchev–Trinajstić information content (AvgIpc) is 3.61. The first-order valence-electron chi connectivity index (χ1n) is 13.1. The van der Waals surface area contributed by atoms with Crippen molar-refractivity contribution in [2.24, 2.45) is 5.92 Å². The molecule has 0 spiro atoms. The van der Waals surface area contributed by atoms with E-state index >= 15 is 0 Å². The molecule has 2 aromatic carbocycles. The summed E-state index contributed by atoms with van der Waals surface area (Å²) in [6.07, 6.45) is -5.58. The highest BCUT2D eigenvalue weighted by Crippen LogP contribution is 2.42. The standard InChI is InChI=1S/C29H21F6N3O5/c30-28(31,32)26-19(25(37-43-26)18-3-1-2-4-23(18)42-29(33,34)35)9-5-15-13-38(14-15)16-6-10-21-20(11-16)24(41-17-7-8-17)12-22(36-21)27(39)40/h1-6,9-12,15,17H,7-8,13-14H2,(H,39,40)/b9-5+. The Kier molecular flexibility index (Phi) is 6.93. The second kappa shape index (κ2) is 10.5. The first kappa shape index (κ1) is 28.4. The van der Waals surface area contributed by atoms with Gasteiger partial charge in [0.05, 0.1) is 17.2 Å². The number of nitrogens with zero attached hydrogens (tertiary/aromatic N) is 3. The summed E-state index contributed by atoms with van der Waals surface area (Å²) in [5.41, 5.74) is -0.172. The molecule has 224 valence electrons. The van der Waals surface area contributed by atoms with Gasteiger partial charge in [-0.2, -0.15) is 13.2 Å². The summed E-state index contributed by atoms with van der Waals surface area (Å²) in [4.78, 5) is 17.6. The lowest BCUT2D eigenvalue weighted by Crippen LogP contribution is -2.45. The molecule has 3 heterocycles. The van der Waals surface area contributed by atoms with E-state index in [9.17, 15) is 36.2 Å². The minimum absolute atomic E-state index is 0.0188. The molecule has 2 aliphatic rings. The molecule has 0 unspecified atom stereocenters. The van der Waals surface area contributed by atoms with Crippen molar-refractivity contribution >= 4 is 28.6 Å². The van der Waals surface area contributed by atoms with E-state index in [1.165, 1.54) is 24.3 Å². The number of ether oxygens (including phenoxy) is 2. The van der Waals surface area contributed by atoms with Crippen molar-refractivity contribution in [2.75, 3.05) is 18.0 Å². The molecule has 0 atom stereocenters. The number of rotatable bonds is 8. The summed E-state index contributed by atoms with van der Waals surface area (Å²) < 4.78 is 94.5. The van der Waals surface area contributed by atoms with Gasteiger partial charge in [-0.05, 0) is 43.2 Å². The average molecular weight is 605 g/mol. The van der Waals surface area contributed by atoms with Crippen molar-refractivity contribution in [3.8, 4) is 22.8 Å². The first-order chi connectivity index (χ1) is 20.4. The SMILES string of the molecule is O=C(O)c1cc(OC2CC2)c2cc(N3CC(/C=C/c4c(-c5ccccc5OC(F)(F)F)noc4C(F)(F)F)C3)ccc2n1. The lowest BCUT2D eigenvalue weighted by atomic mass is 9.96. The van der Waals surface area contributed by atoms with Gasteiger partial charge in [0.15, 0.2) is 5.69 Å². The van der Waals surface area contributed by atoms with Crippen molar-refractivity contribution in [3.63, 3.8) is 0 Å². The fourth-order valence-electron chi connectivity index (χ4n) is 4.76. The van der Waals surface area contributed by atoms with E-state index < -0.39 is 41.3 Å². The third-order valence-electron chi connectivity index (χ3n) is 6.95. The highest BCUT2D eigenvalue weighted by atomic mass is 19.4. The van der Waals surface area contributed by atoms with Crippen LogP contribution in [0.25, 0.3) is 28.2 Å². The zero-order chi connectivity index (χ0) is 30.5. The Labute approximate surface area is 239 Å². The molecule has 4 aromatic rings. The van der Waals surface area contributed by atoms with Crippen LogP contribution >= 0.6 is 0 Å². The molecule has 1 saturated carbocycles. The number of aromatic carboxylic acids is 1. The Morgan fingerprint density at radius 1 is 1.02 bits per heavy atom. The van der Waals surface area contributed by atoms with Crippen LogP contribution in [0.2, 0.25) is 0 Å².